The number of hydrogen-bond acceptors (Lipinski definition) is 6. The Bertz CT molecular complexity index is 1340. The predicted octanol–water partition coefficient (Wildman–Crippen LogP) is 4.77. The minimum atomic E-state index is -0.836. The van der Waals surface area contributed by atoms with E-state index in [0.717, 1.165) is 31.9 Å². The van der Waals surface area contributed by atoms with Gasteiger partial charge in [-0.05, 0) is 67.2 Å². The number of aliphatic hydroxyl groups is 1. The number of benzene rings is 2. The van der Waals surface area contributed by atoms with E-state index in [1.807, 2.05) is 24.3 Å². The SMILES string of the molecule is CN1CCN(c2ccc(N3C(=O)C(=O)/C(=C(\O)c4ccc(Cl)c(Cl)c4)C3c3ccncc3)cc2)CC1. The number of carbonyl (C=O) groups excluding carboxylic acids is 2. The van der Waals surface area contributed by atoms with E-state index in [0.29, 0.717) is 21.8 Å². The average molecular weight is 523 g/mol. The lowest BCUT2D eigenvalue weighted by molar-refractivity contribution is -0.132. The van der Waals surface area contributed by atoms with Gasteiger partial charge in [-0.1, -0.05) is 23.2 Å². The van der Waals surface area contributed by atoms with Gasteiger partial charge in [0.1, 0.15) is 5.76 Å². The normalized spacial score (nSPS) is 20.2. The number of ketones is 1. The smallest absolute Gasteiger partial charge is 0.300 e. The summed E-state index contributed by atoms with van der Waals surface area (Å²) in [6.07, 6.45) is 3.18. The van der Waals surface area contributed by atoms with Gasteiger partial charge in [0.25, 0.3) is 11.7 Å². The Kier molecular flexibility index (Phi) is 6.71. The zero-order chi connectivity index (χ0) is 25.4. The summed E-state index contributed by atoms with van der Waals surface area (Å²) in [4.78, 5) is 36.7. The molecule has 184 valence electrons. The second-order valence-corrected chi connectivity index (χ2v) is 9.70. The molecule has 3 aromatic rings. The van der Waals surface area contributed by atoms with Gasteiger partial charge in [0, 0.05) is 55.5 Å². The van der Waals surface area contributed by atoms with E-state index in [9.17, 15) is 14.7 Å². The van der Waals surface area contributed by atoms with E-state index in [2.05, 4.69) is 21.8 Å². The van der Waals surface area contributed by atoms with Crippen molar-refractivity contribution in [2.75, 3.05) is 43.0 Å². The fourth-order valence-corrected chi connectivity index (χ4v) is 4.95. The van der Waals surface area contributed by atoms with Crippen molar-refractivity contribution in [2.45, 2.75) is 6.04 Å². The van der Waals surface area contributed by atoms with E-state index in [1.165, 1.54) is 17.0 Å². The number of nitrogens with zero attached hydrogens (tertiary/aromatic N) is 4. The monoisotopic (exact) mass is 522 g/mol. The Labute approximate surface area is 219 Å². The summed E-state index contributed by atoms with van der Waals surface area (Å²) < 4.78 is 0. The van der Waals surface area contributed by atoms with Crippen molar-refractivity contribution in [3.8, 4) is 0 Å². The number of aliphatic hydroxyl groups excluding tert-OH is 1. The molecule has 0 radical (unpaired) electrons. The van der Waals surface area contributed by atoms with Crippen LogP contribution in [0.1, 0.15) is 17.2 Å². The fraction of sp³-hybridized carbons (Fsp3) is 0.222. The van der Waals surface area contributed by atoms with Crippen molar-refractivity contribution >= 4 is 52.0 Å². The molecule has 0 aliphatic carbocycles. The zero-order valence-corrected chi connectivity index (χ0v) is 21.1. The van der Waals surface area contributed by atoms with Crippen LogP contribution in [0.5, 0.6) is 0 Å². The molecule has 1 aromatic heterocycles. The summed E-state index contributed by atoms with van der Waals surface area (Å²) in [5, 5.41) is 11.8. The maximum atomic E-state index is 13.3. The summed E-state index contributed by atoms with van der Waals surface area (Å²) in [5.74, 6) is -1.81. The Morgan fingerprint density at radius 2 is 1.53 bits per heavy atom. The number of Topliss-reactive ketones (excluding diaryl/α,β-unsaturated/α-hetero) is 1. The van der Waals surface area contributed by atoms with Crippen LogP contribution in [0.15, 0.2) is 72.6 Å². The summed E-state index contributed by atoms with van der Waals surface area (Å²) in [5.41, 5.74) is 2.54. The first-order valence-corrected chi connectivity index (χ1v) is 12.3. The molecule has 5 rings (SSSR count). The van der Waals surface area contributed by atoms with E-state index >= 15 is 0 Å². The summed E-state index contributed by atoms with van der Waals surface area (Å²) in [6.45, 7) is 3.79. The van der Waals surface area contributed by atoms with Crippen LogP contribution in [-0.4, -0.2) is 59.9 Å². The summed E-state index contributed by atoms with van der Waals surface area (Å²) >= 11 is 12.2. The zero-order valence-electron chi connectivity index (χ0n) is 19.6. The molecule has 1 unspecified atom stereocenters. The molecule has 0 spiro atoms. The molecular formula is C27H24Cl2N4O3. The maximum Gasteiger partial charge on any atom is 0.300 e. The molecule has 1 atom stereocenters. The van der Waals surface area contributed by atoms with Crippen molar-refractivity contribution in [1.82, 2.24) is 9.88 Å². The van der Waals surface area contributed by atoms with E-state index in [4.69, 9.17) is 23.2 Å². The molecule has 2 aromatic carbocycles. The number of rotatable bonds is 4. The number of carbonyl (C=O) groups is 2. The number of halogens is 2. The molecule has 0 bridgehead atoms. The first kappa shape index (κ1) is 24.3. The molecule has 1 N–H and O–H groups in total. The number of amides is 1. The van der Waals surface area contributed by atoms with Gasteiger partial charge in [-0.15, -0.1) is 0 Å². The van der Waals surface area contributed by atoms with Crippen molar-refractivity contribution in [3.63, 3.8) is 0 Å². The first-order valence-electron chi connectivity index (χ1n) is 11.5. The van der Waals surface area contributed by atoms with Crippen LogP contribution in [-0.2, 0) is 9.59 Å². The lowest BCUT2D eigenvalue weighted by Crippen LogP contribution is -2.44. The van der Waals surface area contributed by atoms with Crippen molar-refractivity contribution in [3.05, 3.63) is 93.7 Å². The first-order chi connectivity index (χ1) is 17.3. The van der Waals surface area contributed by atoms with Crippen LogP contribution in [0.4, 0.5) is 11.4 Å². The molecule has 2 fully saturated rings. The molecule has 36 heavy (non-hydrogen) atoms. The van der Waals surface area contributed by atoms with Crippen LogP contribution in [0.3, 0.4) is 0 Å². The molecule has 9 heteroatoms. The summed E-state index contributed by atoms with van der Waals surface area (Å²) in [6, 6.07) is 14.8. The molecular weight excluding hydrogens is 499 g/mol. The third-order valence-corrected chi connectivity index (χ3v) is 7.39. The van der Waals surface area contributed by atoms with Crippen LogP contribution < -0.4 is 9.80 Å². The third kappa shape index (κ3) is 4.46. The Hall–Kier alpha value is -3.39. The van der Waals surface area contributed by atoms with Crippen LogP contribution in [0, 0.1) is 0 Å². The van der Waals surface area contributed by atoms with E-state index < -0.39 is 17.7 Å². The second-order valence-electron chi connectivity index (χ2n) is 8.89. The second kappa shape index (κ2) is 9.93. The largest absolute Gasteiger partial charge is 0.507 e. The number of piperazine rings is 1. The molecule has 2 saturated heterocycles. The molecule has 0 saturated carbocycles. The van der Waals surface area contributed by atoms with Gasteiger partial charge >= 0.3 is 0 Å². The van der Waals surface area contributed by atoms with Crippen molar-refractivity contribution in [2.24, 2.45) is 0 Å². The van der Waals surface area contributed by atoms with Crippen LogP contribution in [0.25, 0.3) is 5.76 Å². The fourth-order valence-electron chi connectivity index (χ4n) is 4.65. The quantitative estimate of drug-likeness (QED) is 0.302. The lowest BCUT2D eigenvalue weighted by atomic mass is 9.96. The van der Waals surface area contributed by atoms with Gasteiger partial charge in [-0.3, -0.25) is 19.5 Å². The Morgan fingerprint density at radius 1 is 0.889 bits per heavy atom. The average Bonchev–Trinajstić information content (AvgIpc) is 3.16. The van der Waals surface area contributed by atoms with Gasteiger partial charge < -0.3 is 14.9 Å². The highest BCUT2D eigenvalue weighted by Gasteiger charge is 2.47. The van der Waals surface area contributed by atoms with Gasteiger partial charge in [-0.2, -0.15) is 0 Å². The van der Waals surface area contributed by atoms with Crippen LogP contribution >= 0.6 is 23.2 Å². The predicted molar refractivity (Wildman–Crippen MR) is 142 cm³/mol. The number of likely N-dealkylation sites (N-methyl/N-ethyl adjacent to an activating group) is 1. The highest BCUT2D eigenvalue weighted by atomic mass is 35.5. The molecule has 7 nitrogen and oxygen atoms in total. The van der Waals surface area contributed by atoms with Crippen molar-refractivity contribution < 1.29 is 14.7 Å². The van der Waals surface area contributed by atoms with E-state index in [1.54, 1.807) is 30.6 Å². The molecule has 1 amide bonds. The molecule has 2 aliphatic rings. The van der Waals surface area contributed by atoms with E-state index in [-0.39, 0.29) is 16.4 Å². The van der Waals surface area contributed by atoms with Crippen molar-refractivity contribution in [1.29, 1.82) is 0 Å². The van der Waals surface area contributed by atoms with Gasteiger partial charge in [0.15, 0.2) is 0 Å². The Balaban J connectivity index is 1.57. The maximum absolute atomic E-state index is 13.3. The van der Waals surface area contributed by atoms with Crippen LogP contribution in [0.2, 0.25) is 10.0 Å². The topological polar surface area (TPSA) is 77.0 Å². The standard InChI is InChI=1S/C27H24Cl2N4O3/c1-31-12-14-32(15-13-31)19-3-5-20(6-4-19)33-24(17-8-10-30-11-9-17)23(26(35)27(33)36)25(34)18-2-7-21(28)22(29)16-18/h2-11,16,24,34H,12-15H2,1H3/b25-23-. The number of pyridine rings is 1. The molecule has 2 aliphatic heterocycles. The highest BCUT2D eigenvalue weighted by molar-refractivity contribution is 6.51. The minimum absolute atomic E-state index is 0.0206. The number of hydrogen-bond donors (Lipinski definition) is 1. The number of anilines is 2. The minimum Gasteiger partial charge on any atom is -0.507 e. The molecule has 3 heterocycles. The number of aromatic nitrogens is 1. The van der Waals surface area contributed by atoms with Gasteiger partial charge in [0.2, 0.25) is 0 Å². The summed E-state index contributed by atoms with van der Waals surface area (Å²) in [7, 11) is 2.11. The highest BCUT2D eigenvalue weighted by Crippen LogP contribution is 2.42. The third-order valence-electron chi connectivity index (χ3n) is 6.66. The Morgan fingerprint density at radius 3 is 2.17 bits per heavy atom. The lowest BCUT2D eigenvalue weighted by Gasteiger charge is -2.34. The van der Waals surface area contributed by atoms with Gasteiger partial charge in [-0.25, -0.2) is 0 Å². The van der Waals surface area contributed by atoms with Gasteiger partial charge in [0.05, 0.1) is 21.7 Å².